The predicted octanol–water partition coefficient (Wildman–Crippen LogP) is 3.47. The molecule has 1 N–H and O–H groups in total. The van der Waals surface area contributed by atoms with Gasteiger partial charge in [0, 0.05) is 36.7 Å². The Hall–Kier alpha value is -1.16. The zero-order valence-corrected chi connectivity index (χ0v) is 13.7. The van der Waals surface area contributed by atoms with Crippen molar-refractivity contribution in [1.82, 2.24) is 10.2 Å². The first kappa shape index (κ1) is 14.8. The predicted molar refractivity (Wildman–Crippen MR) is 91.4 cm³/mol. The van der Waals surface area contributed by atoms with Gasteiger partial charge in [0.25, 0.3) is 0 Å². The lowest BCUT2D eigenvalue weighted by molar-refractivity contribution is 0.192. The fourth-order valence-corrected chi connectivity index (χ4v) is 3.19. The molecule has 1 heterocycles. The Balaban J connectivity index is 1.57. The molecule has 0 radical (unpaired) electrons. The molecule has 0 unspecified atom stereocenters. The van der Waals surface area contributed by atoms with Crippen molar-refractivity contribution in [3.63, 3.8) is 0 Å². The van der Waals surface area contributed by atoms with Crippen LogP contribution in [0.25, 0.3) is 0 Å². The Bertz CT molecular complexity index is 553. The highest BCUT2D eigenvalue weighted by Crippen LogP contribution is 2.14. The van der Waals surface area contributed by atoms with Crippen LogP contribution in [0.5, 0.6) is 0 Å². The van der Waals surface area contributed by atoms with E-state index in [2.05, 4.69) is 80.7 Å². The van der Waals surface area contributed by atoms with E-state index in [-0.39, 0.29) is 0 Å². The minimum atomic E-state index is 0.545. The summed E-state index contributed by atoms with van der Waals surface area (Å²) in [5.74, 6) is 0. The van der Waals surface area contributed by atoms with E-state index in [1.54, 1.807) is 0 Å². The van der Waals surface area contributed by atoms with E-state index < -0.39 is 0 Å². The van der Waals surface area contributed by atoms with Gasteiger partial charge in [0.2, 0.25) is 0 Å². The van der Waals surface area contributed by atoms with Gasteiger partial charge in [-0.3, -0.25) is 4.90 Å². The molecular weight excluding hydrogens is 324 g/mol. The number of piperazine rings is 1. The van der Waals surface area contributed by atoms with E-state index in [0.717, 1.165) is 37.1 Å². The van der Waals surface area contributed by atoms with Crippen molar-refractivity contribution in [3.8, 4) is 0 Å². The molecule has 2 aromatic rings. The smallest absolute Gasteiger partial charge is 0.0236 e. The minimum absolute atomic E-state index is 0.545. The first-order valence-electron chi connectivity index (χ1n) is 7.54. The van der Waals surface area contributed by atoms with Crippen LogP contribution in [0.4, 0.5) is 0 Å². The molecule has 21 heavy (non-hydrogen) atoms. The summed E-state index contributed by atoms with van der Waals surface area (Å²) in [6.07, 6.45) is 1.10. The number of benzene rings is 2. The summed E-state index contributed by atoms with van der Waals surface area (Å²) in [5.41, 5.74) is 2.80. The molecule has 1 saturated heterocycles. The van der Waals surface area contributed by atoms with Crippen molar-refractivity contribution >= 4 is 15.9 Å². The molecule has 1 atom stereocenters. The minimum Gasteiger partial charge on any atom is -0.311 e. The summed E-state index contributed by atoms with van der Waals surface area (Å²) in [6.45, 7) is 4.38. The molecular formula is C18H21BrN2. The van der Waals surface area contributed by atoms with Gasteiger partial charge in [-0.1, -0.05) is 58.4 Å². The molecule has 3 heteroatoms. The standard InChI is InChI=1S/C18H21BrN2/c19-17-8-6-15(7-9-17)12-18-14-21(11-10-20-18)13-16-4-2-1-3-5-16/h1-9,18,20H,10-14H2/t18-/m1/s1. The maximum Gasteiger partial charge on any atom is 0.0236 e. The average Bonchev–Trinajstić information content (AvgIpc) is 2.51. The number of halogens is 1. The van der Waals surface area contributed by atoms with Crippen LogP contribution < -0.4 is 5.32 Å². The molecule has 0 saturated carbocycles. The van der Waals surface area contributed by atoms with Crippen LogP contribution in [0.2, 0.25) is 0 Å². The Kier molecular flexibility index (Phi) is 5.07. The van der Waals surface area contributed by atoms with E-state index in [0.29, 0.717) is 6.04 Å². The molecule has 0 amide bonds. The van der Waals surface area contributed by atoms with Crippen LogP contribution in [0.15, 0.2) is 59.1 Å². The normalized spacial score (nSPS) is 19.6. The lowest BCUT2D eigenvalue weighted by Gasteiger charge is -2.34. The molecule has 2 nitrogen and oxygen atoms in total. The first-order chi connectivity index (χ1) is 10.3. The maximum absolute atomic E-state index is 3.64. The van der Waals surface area contributed by atoms with Crippen LogP contribution >= 0.6 is 15.9 Å². The fourth-order valence-electron chi connectivity index (χ4n) is 2.92. The van der Waals surface area contributed by atoms with Gasteiger partial charge in [-0.05, 0) is 29.7 Å². The number of hydrogen-bond acceptors (Lipinski definition) is 2. The molecule has 3 rings (SSSR count). The monoisotopic (exact) mass is 344 g/mol. The number of rotatable bonds is 4. The highest BCUT2D eigenvalue weighted by atomic mass is 79.9. The summed E-state index contributed by atoms with van der Waals surface area (Å²) in [7, 11) is 0. The second-order valence-corrected chi connectivity index (χ2v) is 6.62. The van der Waals surface area contributed by atoms with Crippen LogP contribution in [-0.4, -0.2) is 30.6 Å². The van der Waals surface area contributed by atoms with E-state index in [1.807, 2.05) is 0 Å². The molecule has 2 aromatic carbocycles. The molecule has 1 aliphatic rings. The average molecular weight is 345 g/mol. The Morgan fingerprint density at radius 1 is 1.00 bits per heavy atom. The van der Waals surface area contributed by atoms with Crippen molar-refractivity contribution in [3.05, 3.63) is 70.2 Å². The zero-order valence-electron chi connectivity index (χ0n) is 12.1. The van der Waals surface area contributed by atoms with Crippen molar-refractivity contribution in [2.24, 2.45) is 0 Å². The van der Waals surface area contributed by atoms with Crippen LogP contribution in [0.3, 0.4) is 0 Å². The molecule has 0 aliphatic carbocycles. The quantitative estimate of drug-likeness (QED) is 0.913. The molecule has 1 aliphatic heterocycles. The largest absolute Gasteiger partial charge is 0.311 e. The van der Waals surface area contributed by atoms with Crippen LogP contribution in [-0.2, 0) is 13.0 Å². The van der Waals surface area contributed by atoms with Gasteiger partial charge in [-0.25, -0.2) is 0 Å². The highest BCUT2D eigenvalue weighted by molar-refractivity contribution is 9.10. The first-order valence-corrected chi connectivity index (χ1v) is 8.33. The SMILES string of the molecule is Brc1ccc(C[C@@H]2CN(Cc3ccccc3)CCN2)cc1. The van der Waals surface area contributed by atoms with Crippen LogP contribution in [0, 0.1) is 0 Å². The van der Waals surface area contributed by atoms with Gasteiger partial charge < -0.3 is 5.32 Å². The van der Waals surface area contributed by atoms with E-state index in [4.69, 9.17) is 0 Å². The van der Waals surface area contributed by atoms with Gasteiger partial charge in [-0.2, -0.15) is 0 Å². The molecule has 0 spiro atoms. The van der Waals surface area contributed by atoms with Gasteiger partial charge in [0.1, 0.15) is 0 Å². The summed E-state index contributed by atoms with van der Waals surface area (Å²) < 4.78 is 1.15. The molecule has 1 fully saturated rings. The molecule has 0 bridgehead atoms. The third-order valence-corrected chi connectivity index (χ3v) is 4.51. The Labute approximate surface area is 135 Å². The number of hydrogen-bond donors (Lipinski definition) is 1. The lowest BCUT2D eigenvalue weighted by atomic mass is 10.0. The number of nitrogens with one attached hydrogen (secondary N) is 1. The number of nitrogens with zero attached hydrogens (tertiary/aromatic N) is 1. The van der Waals surface area contributed by atoms with E-state index in [1.165, 1.54) is 11.1 Å². The second kappa shape index (κ2) is 7.21. The van der Waals surface area contributed by atoms with E-state index >= 15 is 0 Å². The summed E-state index contributed by atoms with van der Waals surface area (Å²) in [4.78, 5) is 2.55. The Morgan fingerprint density at radius 3 is 2.52 bits per heavy atom. The van der Waals surface area contributed by atoms with Crippen molar-refractivity contribution < 1.29 is 0 Å². The third kappa shape index (κ3) is 4.40. The van der Waals surface area contributed by atoms with Crippen molar-refractivity contribution in [1.29, 1.82) is 0 Å². The Morgan fingerprint density at radius 2 is 1.76 bits per heavy atom. The van der Waals surface area contributed by atoms with Gasteiger partial charge in [-0.15, -0.1) is 0 Å². The van der Waals surface area contributed by atoms with Crippen molar-refractivity contribution in [2.45, 2.75) is 19.0 Å². The zero-order chi connectivity index (χ0) is 14.5. The second-order valence-electron chi connectivity index (χ2n) is 5.70. The van der Waals surface area contributed by atoms with Crippen LogP contribution in [0.1, 0.15) is 11.1 Å². The highest BCUT2D eigenvalue weighted by Gasteiger charge is 2.19. The van der Waals surface area contributed by atoms with Gasteiger partial charge >= 0.3 is 0 Å². The summed E-state index contributed by atoms with van der Waals surface area (Å²) in [5, 5.41) is 3.64. The molecule has 0 aromatic heterocycles. The third-order valence-electron chi connectivity index (χ3n) is 3.98. The fraction of sp³-hybridized carbons (Fsp3) is 0.333. The van der Waals surface area contributed by atoms with Gasteiger partial charge in [0.05, 0.1) is 0 Å². The van der Waals surface area contributed by atoms with E-state index in [9.17, 15) is 0 Å². The molecule has 110 valence electrons. The van der Waals surface area contributed by atoms with Crippen molar-refractivity contribution in [2.75, 3.05) is 19.6 Å². The maximum atomic E-state index is 3.64. The van der Waals surface area contributed by atoms with Gasteiger partial charge in [0.15, 0.2) is 0 Å². The summed E-state index contributed by atoms with van der Waals surface area (Å²) >= 11 is 3.49. The lowest BCUT2D eigenvalue weighted by Crippen LogP contribution is -2.51. The topological polar surface area (TPSA) is 15.3 Å². The summed E-state index contributed by atoms with van der Waals surface area (Å²) in [6, 6.07) is 20.0.